The maximum atomic E-state index is 5.73. The third-order valence-corrected chi connectivity index (χ3v) is 7.65. The fourth-order valence-electron chi connectivity index (χ4n) is 5.09. The van der Waals surface area contributed by atoms with E-state index in [4.69, 9.17) is 14.7 Å². The number of thiophene rings is 1. The van der Waals surface area contributed by atoms with Gasteiger partial charge in [0.2, 0.25) is 0 Å². The molecule has 5 nitrogen and oxygen atoms in total. The number of rotatable bonds is 2. The molecule has 3 aliphatic rings. The Hall–Kier alpha value is -1.24. The lowest BCUT2D eigenvalue weighted by Crippen LogP contribution is -2.51. The molecule has 1 atom stereocenters. The molecule has 4 heterocycles. The monoisotopic (exact) mass is 386 g/mol. The van der Waals surface area contributed by atoms with Gasteiger partial charge >= 0.3 is 0 Å². The zero-order chi connectivity index (χ0) is 18.4. The molecular formula is C21H30N4OS. The summed E-state index contributed by atoms with van der Waals surface area (Å²) in [6.07, 6.45) is 7.89. The first-order chi connectivity index (χ1) is 13.2. The van der Waals surface area contributed by atoms with Crippen LogP contribution in [0.4, 0.5) is 5.82 Å². The van der Waals surface area contributed by atoms with E-state index in [0.717, 1.165) is 38.6 Å². The highest BCUT2D eigenvalue weighted by Crippen LogP contribution is 2.40. The number of aryl methyl sites for hydroxylation is 3. The van der Waals surface area contributed by atoms with Crippen LogP contribution < -0.4 is 4.90 Å². The van der Waals surface area contributed by atoms with E-state index in [2.05, 4.69) is 16.7 Å². The van der Waals surface area contributed by atoms with Gasteiger partial charge < -0.3 is 9.64 Å². The molecule has 1 unspecified atom stereocenters. The minimum Gasteiger partial charge on any atom is -0.376 e. The Morgan fingerprint density at radius 3 is 2.70 bits per heavy atom. The van der Waals surface area contributed by atoms with E-state index in [1.54, 1.807) is 10.4 Å². The Morgan fingerprint density at radius 2 is 1.89 bits per heavy atom. The van der Waals surface area contributed by atoms with Gasteiger partial charge in [0, 0.05) is 37.1 Å². The normalized spacial score (nSPS) is 25.1. The molecule has 6 heteroatoms. The van der Waals surface area contributed by atoms with Gasteiger partial charge in [-0.05, 0) is 57.9 Å². The average molecular weight is 387 g/mol. The summed E-state index contributed by atoms with van der Waals surface area (Å²) in [5.74, 6) is 2.13. The summed E-state index contributed by atoms with van der Waals surface area (Å²) >= 11 is 1.92. The maximum absolute atomic E-state index is 5.73. The minimum absolute atomic E-state index is 0.373. The number of nitrogens with zero attached hydrogens (tertiary/aromatic N) is 4. The molecule has 2 aliphatic heterocycles. The van der Waals surface area contributed by atoms with Crippen LogP contribution in [0.1, 0.15) is 48.9 Å². The Labute approximate surface area is 165 Å². The number of morpholine rings is 1. The van der Waals surface area contributed by atoms with Crippen LogP contribution >= 0.6 is 11.3 Å². The number of piperidine rings is 1. The van der Waals surface area contributed by atoms with E-state index in [1.807, 2.05) is 18.3 Å². The topological polar surface area (TPSA) is 41.5 Å². The van der Waals surface area contributed by atoms with Gasteiger partial charge in [-0.25, -0.2) is 9.97 Å². The van der Waals surface area contributed by atoms with Crippen molar-refractivity contribution in [1.29, 1.82) is 0 Å². The van der Waals surface area contributed by atoms with Gasteiger partial charge in [-0.15, -0.1) is 11.3 Å². The van der Waals surface area contributed by atoms with E-state index in [1.165, 1.54) is 54.6 Å². The number of anilines is 1. The molecule has 0 aromatic carbocycles. The number of hydrogen-bond acceptors (Lipinski definition) is 6. The highest BCUT2D eigenvalue weighted by Gasteiger charge is 2.30. The van der Waals surface area contributed by atoms with E-state index in [9.17, 15) is 0 Å². The zero-order valence-corrected chi connectivity index (χ0v) is 17.4. The van der Waals surface area contributed by atoms with Crippen LogP contribution in [0.25, 0.3) is 10.2 Å². The maximum Gasteiger partial charge on any atom is 0.141 e. The number of ether oxygens (including phenoxy) is 1. The van der Waals surface area contributed by atoms with Crippen LogP contribution in [0.2, 0.25) is 0 Å². The first kappa shape index (κ1) is 17.8. The minimum atomic E-state index is 0.373. The van der Waals surface area contributed by atoms with Gasteiger partial charge in [-0.1, -0.05) is 0 Å². The summed E-state index contributed by atoms with van der Waals surface area (Å²) < 4.78 is 5.73. The predicted octanol–water partition coefficient (Wildman–Crippen LogP) is 3.57. The molecule has 0 radical (unpaired) electrons. The molecule has 2 aromatic heterocycles. The van der Waals surface area contributed by atoms with Crippen molar-refractivity contribution >= 4 is 27.4 Å². The summed E-state index contributed by atoms with van der Waals surface area (Å²) in [6.45, 7) is 9.50. The molecule has 0 N–H and O–H groups in total. The molecule has 146 valence electrons. The van der Waals surface area contributed by atoms with Crippen LogP contribution in [0.5, 0.6) is 0 Å². The molecule has 1 aliphatic carbocycles. The number of fused-ring (bicyclic) bond motifs is 3. The highest BCUT2D eigenvalue weighted by atomic mass is 32.1. The van der Waals surface area contributed by atoms with Gasteiger partial charge in [-0.2, -0.15) is 0 Å². The lowest BCUT2D eigenvalue weighted by molar-refractivity contribution is -0.0373. The quantitative estimate of drug-likeness (QED) is 0.789. The van der Waals surface area contributed by atoms with Crippen molar-refractivity contribution in [2.75, 3.05) is 37.7 Å². The molecule has 0 amide bonds. The Bertz CT molecular complexity index is 827. The molecule has 0 saturated carbocycles. The summed E-state index contributed by atoms with van der Waals surface area (Å²) in [4.78, 5) is 17.7. The van der Waals surface area contributed by atoms with Crippen LogP contribution in [-0.2, 0) is 17.6 Å². The number of hydrogen-bond donors (Lipinski definition) is 0. The lowest BCUT2D eigenvalue weighted by Gasteiger charge is -2.42. The van der Waals surface area contributed by atoms with Crippen molar-refractivity contribution in [1.82, 2.24) is 14.9 Å². The van der Waals surface area contributed by atoms with E-state index in [0.29, 0.717) is 12.1 Å². The van der Waals surface area contributed by atoms with Crippen molar-refractivity contribution in [3.05, 3.63) is 16.3 Å². The van der Waals surface area contributed by atoms with Gasteiger partial charge in [0.15, 0.2) is 0 Å². The first-order valence-corrected chi connectivity index (χ1v) is 11.4. The van der Waals surface area contributed by atoms with Crippen molar-refractivity contribution < 1.29 is 4.74 Å². The second kappa shape index (κ2) is 7.30. The molecule has 2 aromatic rings. The van der Waals surface area contributed by atoms with E-state index < -0.39 is 0 Å². The molecule has 2 fully saturated rings. The Balaban J connectivity index is 1.39. The largest absolute Gasteiger partial charge is 0.376 e. The fraction of sp³-hybridized carbons (Fsp3) is 0.714. The van der Waals surface area contributed by atoms with Crippen molar-refractivity contribution in [3.63, 3.8) is 0 Å². The average Bonchev–Trinajstić information content (AvgIpc) is 3.05. The van der Waals surface area contributed by atoms with Crippen LogP contribution in [0.15, 0.2) is 0 Å². The molecule has 2 saturated heterocycles. The molecule has 0 bridgehead atoms. The Morgan fingerprint density at radius 1 is 1.07 bits per heavy atom. The number of aromatic nitrogens is 2. The van der Waals surface area contributed by atoms with Gasteiger partial charge in [0.05, 0.1) is 18.1 Å². The predicted molar refractivity (Wildman–Crippen MR) is 111 cm³/mol. The summed E-state index contributed by atoms with van der Waals surface area (Å²) in [7, 11) is 0. The van der Waals surface area contributed by atoms with E-state index >= 15 is 0 Å². The lowest BCUT2D eigenvalue weighted by atomic mass is 9.96. The van der Waals surface area contributed by atoms with Crippen molar-refractivity contribution in [2.45, 2.75) is 64.5 Å². The fourth-order valence-corrected chi connectivity index (χ4v) is 6.39. The molecule has 0 spiro atoms. The third kappa shape index (κ3) is 3.36. The summed E-state index contributed by atoms with van der Waals surface area (Å²) in [5.41, 5.74) is 1.56. The second-order valence-corrected chi connectivity index (χ2v) is 9.46. The van der Waals surface area contributed by atoms with Crippen LogP contribution in [0.3, 0.4) is 0 Å². The molecule has 5 rings (SSSR count). The summed E-state index contributed by atoms with van der Waals surface area (Å²) in [6, 6.07) is 0.697. The van der Waals surface area contributed by atoms with Gasteiger partial charge in [0.25, 0.3) is 0 Å². The molecule has 27 heavy (non-hydrogen) atoms. The first-order valence-electron chi connectivity index (χ1n) is 10.6. The van der Waals surface area contributed by atoms with Gasteiger partial charge in [-0.3, -0.25) is 4.90 Å². The Kier molecular flexibility index (Phi) is 4.82. The van der Waals surface area contributed by atoms with Gasteiger partial charge in [0.1, 0.15) is 16.5 Å². The van der Waals surface area contributed by atoms with Crippen molar-refractivity contribution in [3.8, 4) is 0 Å². The highest BCUT2D eigenvalue weighted by molar-refractivity contribution is 7.19. The smallest absolute Gasteiger partial charge is 0.141 e. The van der Waals surface area contributed by atoms with Crippen molar-refractivity contribution in [2.24, 2.45) is 0 Å². The standard InChI is InChI=1S/C21H30N4OS/c1-14-13-25(11-12-26-14)16-7-9-24(10-8-16)20-19-17-5-3-4-6-18(17)27-21(19)23-15(2)22-20/h14,16H,3-13H2,1-2H3. The third-order valence-electron chi connectivity index (χ3n) is 6.46. The SMILES string of the molecule is Cc1nc(N2CCC(N3CCOC(C)C3)CC2)c2c3c(sc2n1)CCCC3. The molecular weight excluding hydrogens is 356 g/mol. The summed E-state index contributed by atoms with van der Waals surface area (Å²) in [5, 5.41) is 1.37. The second-order valence-electron chi connectivity index (χ2n) is 8.38. The van der Waals surface area contributed by atoms with Crippen LogP contribution in [0, 0.1) is 6.92 Å². The van der Waals surface area contributed by atoms with E-state index in [-0.39, 0.29) is 0 Å². The zero-order valence-electron chi connectivity index (χ0n) is 16.5. The van der Waals surface area contributed by atoms with Crippen LogP contribution in [-0.4, -0.2) is 59.8 Å².